The molecule has 0 aromatic heterocycles. The summed E-state index contributed by atoms with van der Waals surface area (Å²) in [4.78, 5) is 9.98. The third-order valence-corrected chi connectivity index (χ3v) is 6.45. The van der Waals surface area contributed by atoms with Crippen LogP contribution in [0.25, 0.3) is 28.1 Å². The van der Waals surface area contributed by atoms with Crippen LogP contribution in [0.1, 0.15) is 26.2 Å². The molecule has 6 heteroatoms. The average molecular weight is 501 g/mol. The first-order chi connectivity index (χ1) is 17.1. The molecule has 0 amide bonds. The van der Waals surface area contributed by atoms with Gasteiger partial charge < -0.3 is 9.88 Å². The van der Waals surface area contributed by atoms with Crippen LogP contribution in [0.15, 0.2) is 89.9 Å². The Morgan fingerprint density at radius 1 is 0.857 bits per heavy atom. The predicted octanol–water partition coefficient (Wildman–Crippen LogP) is 8.27. The van der Waals surface area contributed by atoms with Crippen molar-refractivity contribution in [2.45, 2.75) is 26.2 Å². The number of unbranched alkanes of at least 4 members (excludes halogenated alkanes) is 2. The molecule has 0 unspecified atom stereocenters. The summed E-state index contributed by atoms with van der Waals surface area (Å²) < 4.78 is 2.23. The lowest BCUT2D eigenvalue weighted by Crippen LogP contribution is -2.15. The van der Waals surface area contributed by atoms with Crippen molar-refractivity contribution in [3.63, 3.8) is 0 Å². The number of para-hydroxylation sites is 2. The third kappa shape index (κ3) is 5.19. The Bertz CT molecular complexity index is 1490. The molecule has 3 aromatic rings. The summed E-state index contributed by atoms with van der Waals surface area (Å²) in [6.07, 6.45) is 3.38. The van der Waals surface area contributed by atoms with Gasteiger partial charge in [0.05, 0.1) is 33.5 Å². The number of nitrogens with one attached hydrogen (secondary N) is 1. The Kier molecular flexibility index (Phi) is 7.03. The number of nitrogens with zero attached hydrogens (tertiary/aromatic N) is 3. The van der Waals surface area contributed by atoms with E-state index in [9.17, 15) is 0 Å². The highest BCUT2D eigenvalue weighted by molar-refractivity contribution is 6.30. The molecule has 0 radical (unpaired) electrons. The molecule has 0 atom stereocenters. The summed E-state index contributed by atoms with van der Waals surface area (Å²) in [5, 5.41) is 5.85. The minimum atomic E-state index is 0.704. The first kappa shape index (κ1) is 23.4. The molecule has 35 heavy (non-hydrogen) atoms. The van der Waals surface area contributed by atoms with Gasteiger partial charge in [0.1, 0.15) is 0 Å². The predicted molar refractivity (Wildman–Crippen MR) is 147 cm³/mol. The van der Waals surface area contributed by atoms with Gasteiger partial charge in [0.25, 0.3) is 0 Å². The fraction of sp³-hybridized carbons (Fsp3) is 0.172. The molecule has 0 spiro atoms. The SMILES string of the molecule is CCCCCN=c1cc2n(-c3ccc(Cl)cc3)c3ccccc3nc-2cc1Nc1ccc(Cl)cc1. The summed E-state index contributed by atoms with van der Waals surface area (Å²) in [6, 6.07) is 28.0. The normalized spacial score (nSPS) is 11.9. The number of aromatic nitrogens is 2. The van der Waals surface area contributed by atoms with E-state index >= 15 is 0 Å². The summed E-state index contributed by atoms with van der Waals surface area (Å²) in [5.74, 6) is 0. The van der Waals surface area contributed by atoms with Gasteiger partial charge in [0.2, 0.25) is 0 Å². The summed E-state index contributed by atoms with van der Waals surface area (Å²) in [5.41, 5.74) is 6.70. The van der Waals surface area contributed by atoms with Crippen LogP contribution in [0, 0.1) is 0 Å². The van der Waals surface area contributed by atoms with Crippen LogP contribution in [0.2, 0.25) is 10.0 Å². The van der Waals surface area contributed by atoms with Crippen LogP contribution < -0.4 is 10.7 Å². The number of hydrogen-bond donors (Lipinski definition) is 1. The number of hydrogen-bond acceptors (Lipinski definition) is 3. The Hall–Kier alpha value is -3.34. The molecule has 0 fully saturated rings. The Morgan fingerprint density at radius 3 is 2.31 bits per heavy atom. The molecule has 176 valence electrons. The molecule has 1 heterocycles. The molecule has 1 aliphatic carbocycles. The molecule has 2 aliphatic rings. The van der Waals surface area contributed by atoms with Crippen molar-refractivity contribution in [1.29, 1.82) is 0 Å². The molecule has 1 aliphatic heterocycles. The van der Waals surface area contributed by atoms with Crippen molar-refractivity contribution in [2.75, 3.05) is 11.9 Å². The molecule has 0 saturated carbocycles. The first-order valence-electron chi connectivity index (χ1n) is 11.9. The Labute approximate surface area is 215 Å². The van der Waals surface area contributed by atoms with Gasteiger partial charge in [0, 0.05) is 28.0 Å². The lowest BCUT2D eigenvalue weighted by Gasteiger charge is -2.20. The highest BCUT2D eigenvalue weighted by Crippen LogP contribution is 2.31. The second-order valence-corrected chi connectivity index (χ2v) is 9.36. The maximum absolute atomic E-state index is 6.20. The number of halogens is 2. The maximum Gasteiger partial charge on any atom is 0.0900 e. The van der Waals surface area contributed by atoms with Gasteiger partial charge in [-0.1, -0.05) is 55.1 Å². The molecule has 5 rings (SSSR count). The van der Waals surface area contributed by atoms with Gasteiger partial charge in [0.15, 0.2) is 0 Å². The quantitative estimate of drug-likeness (QED) is 0.180. The zero-order valence-corrected chi connectivity index (χ0v) is 21.0. The van der Waals surface area contributed by atoms with E-state index < -0.39 is 0 Å². The van der Waals surface area contributed by atoms with E-state index in [0.717, 1.165) is 70.6 Å². The average Bonchev–Trinajstić information content (AvgIpc) is 2.87. The molecular weight excluding hydrogens is 475 g/mol. The number of rotatable bonds is 7. The second-order valence-electron chi connectivity index (χ2n) is 8.49. The highest BCUT2D eigenvalue weighted by atomic mass is 35.5. The van der Waals surface area contributed by atoms with Crippen LogP contribution in [0.4, 0.5) is 11.4 Å². The standard InChI is InChI=1S/C29H26Cl2N4/c1-2-3-6-17-32-25-19-29-27(18-26(25)33-22-13-9-20(30)10-14-22)34-24-7-4-5-8-28(24)35(29)23-15-11-21(31)12-16-23/h4-5,7-16,18-19,33H,2-3,6,17H2,1H3. The number of fused-ring (bicyclic) bond motifs is 2. The summed E-state index contributed by atoms with van der Waals surface area (Å²) in [6.45, 7) is 2.98. The first-order valence-corrected chi connectivity index (χ1v) is 12.6. The lowest BCUT2D eigenvalue weighted by molar-refractivity contribution is 0.721. The molecule has 4 nitrogen and oxygen atoms in total. The zero-order valence-electron chi connectivity index (χ0n) is 19.5. The molecule has 3 aromatic carbocycles. The van der Waals surface area contributed by atoms with Gasteiger partial charge >= 0.3 is 0 Å². The van der Waals surface area contributed by atoms with E-state index in [1.807, 2.05) is 66.7 Å². The summed E-state index contributed by atoms with van der Waals surface area (Å²) in [7, 11) is 0. The zero-order chi connectivity index (χ0) is 24.2. The van der Waals surface area contributed by atoms with Crippen LogP contribution >= 0.6 is 23.2 Å². The lowest BCUT2D eigenvalue weighted by atomic mass is 10.1. The molecular formula is C29H26Cl2N4. The fourth-order valence-electron chi connectivity index (χ4n) is 4.19. The maximum atomic E-state index is 6.20. The Balaban J connectivity index is 1.74. The van der Waals surface area contributed by atoms with Crippen LogP contribution in [0.5, 0.6) is 0 Å². The smallest absolute Gasteiger partial charge is 0.0900 e. The van der Waals surface area contributed by atoms with Crippen molar-refractivity contribution in [3.8, 4) is 17.1 Å². The van der Waals surface area contributed by atoms with Crippen molar-refractivity contribution >= 4 is 45.6 Å². The van der Waals surface area contributed by atoms with Gasteiger partial charge in [-0.2, -0.15) is 0 Å². The summed E-state index contributed by atoms with van der Waals surface area (Å²) >= 11 is 12.3. The van der Waals surface area contributed by atoms with E-state index in [1.54, 1.807) is 0 Å². The molecule has 0 bridgehead atoms. The topological polar surface area (TPSA) is 42.2 Å². The minimum absolute atomic E-state index is 0.704. The van der Waals surface area contributed by atoms with Crippen LogP contribution in [-0.2, 0) is 0 Å². The Morgan fingerprint density at radius 2 is 1.57 bits per heavy atom. The fourth-order valence-corrected chi connectivity index (χ4v) is 4.44. The highest BCUT2D eigenvalue weighted by Gasteiger charge is 2.16. The minimum Gasteiger partial charge on any atom is -0.354 e. The van der Waals surface area contributed by atoms with E-state index in [-0.39, 0.29) is 0 Å². The van der Waals surface area contributed by atoms with E-state index in [2.05, 4.69) is 35.0 Å². The van der Waals surface area contributed by atoms with Crippen LogP contribution in [-0.4, -0.2) is 16.1 Å². The molecule has 0 saturated heterocycles. The van der Waals surface area contributed by atoms with Crippen molar-refractivity contribution in [3.05, 3.63) is 100 Å². The van der Waals surface area contributed by atoms with Gasteiger partial charge in [-0.25, -0.2) is 4.98 Å². The van der Waals surface area contributed by atoms with E-state index in [4.69, 9.17) is 33.2 Å². The largest absolute Gasteiger partial charge is 0.354 e. The number of anilines is 2. The third-order valence-electron chi connectivity index (χ3n) is 5.95. The van der Waals surface area contributed by atoms with Gasteiger partial charge in [-0.15, -0.1) is 0 Å². The number of benzene rings is 4. The molecule has 1 N–H and O–H groups in total. The second kappa shape index (κ2) is 10.5. The van der Waals surface area contributed by atoms with Crippen molar-refractivity contribution in [1.82, 2.24) is 9.55 Å². The van der Waals surface area contributed by atoms with E-state index in [1.165, 1.54) is 0 Å². The van der Waals surface area contributed by atoms with Crippen molar-refractivity contribution in [2.24, 2.45) is 4.99 Å². The van der Waals surface area contributed by atoms with E-state index in [0.29, 0.717) is 10.0 Å². The van der Waals surface area contributed by atoms with Gasteiger partial charge in [-0.05, 0) is 79.2 Å². The van der Waals surface area contributed by atoms with Crippen LogP contribution in [0.3, 0.4) is 0 Å². The monoisotopic (exact) mass is 500 g/mol. The van der Waals surface area contributed by atoms with Gasteiger partial charge in [-0.3, -0.25) is 4.99 Å². The van der Waals surface area contributed by atoms with Crippen molar-refractivity contribution < 1.29 is 0 Å².